The Bertz CT molecular complexity index is 887. The lowest BCUT2D eigenvalue weighted by Gasteiger charge is -2.29. The average Bonchev–Trinajstić information content (AvgIpc) is 2.75. The first-order valence-electron chi connectivity index (χ1n) is 10.3. The molecule has 0 aliphatic heterocycles. The van der Waals surface area contributed by atoms with Crippen molar-refractivity contribution < 1.29 is 20.0 Å². The number of aliphatic hydroxyl groups excluding tert-OH is 1. The van der Waals surface area contributed by atoms with E-state index in [1.54, 1.807) is 18.2 Å². The van der Waals surface area contributed by atoms with Gasteiger partial charge in [0.05, 0.1) is 10.6 Å². The van der Waals surface area contributed by atoms with Crippen LogP contribution in [0.25, 0.3) is 0 Å². The minimum absolute atomic E-state index is 0.0395. The summed E-state index contributed by atoms with van der Waals surface area (Å²) < 4.78 is 0. The molecule has 160 valence electrons. The van der Waals surface area contributed by atoms with Crippen molar-refractivity contribution in [2.45, 2.75) is 45.6 Å². The maximum absolute atomic E-state index is 10.8. The molecule has 2 aromatic carbocycles. The molecule has 0 unspecified atom stereocenters. The summed E-state index contributed by atoms with van der Waals surface area (Å²) in [5, 5.41) is 34.6. The van der Waals surface area contributed by atoms with Gasteiger partial charge < -0.3 is 15.1 Å². The number of rotatable bonds is 8. The lowest BCUT2D eigenvalue weighted by molar-refractivity contribution is -0.384. The summed E-state index contributed by atoms with van der Waals surface area (Å²) in [6.45, 7) is 2.28. The maximum atomic E-state index is 10.8. The lowest BCUT2D eigenvalue weighted by Crippen LogP contribution is -2.23. The Morgan fingerprint density at radius 1 is 1.17 bits per heavy atom. The summed E-state index contributed by atoms with van der Waals surface area (Å²) in [7, 11) is 0. The Balaban J connectivity index is 1.75. The van der Waals surface area contributed by atoms with Gasteiger partial charge in [0.1, 0.15) is 12.4 Å². The first kappa shape index (κ1) is 21.8. The molecule has 0 radical (unpaired) electrons. The van der Waals surface area contributed by atoms with Crippen LogP contribution in [-0.2, 0) is 11.4 Å². The fraction of sp³-hybridized carbons (Fsp3) is 0.435. The van der Waals surface area contributed by atoms with Crippen LogP contribution < -0.4 is 0 Å². The van der Waals surface area contributed by atoms with Gasteiger partial charge in [-0.2, -0.15) is 0 Å². The molecule has 7 nitrogen and oxygen atoms in total. The highest BCUT2D eigenvalue weighted by Gasteiger charge is 2.26. The van der Waals surface area contributed by atoms with Crippen molar-refractivity contribution in [2.24, 2.45) is 17.0 Å². The van der Waals surface area contributed by atoms with Gasteiger partial charge in [-0.1, -0.05) is 17.3 Å². The van der Waals surface area contributed by atoms with Gasteiger partial charge in [-0.15, -0.1) is 0 Å². The normalized spacial score (nSPS) is 19.5. The van der Waals surface area contributed by atoms with Gasteiger partial charge in [-0.3, -0.25) is 10.1 Å². The van der Waals surface area contributed by atoms with Crippen molar-refractivity contribution in [1.82, 2.24) is 0 Å². The maximum Gasteiger partial charge on any atom is 0.269 e. The molecule has 1 saturated carbocycles. The van der Waals surface area contributed by atoms with E-state index in [1.165, 1.54) is 12.1 Å². The van der Waals surface area contributed by atoms with Crippen molar-refractivity contribution in [1.29, 1.82) is 0 Å². The number of hydrogen-bond acceptors (Lipinski definition) is 6. The molecule has 0 heterocycles. The van der Waals surface area contributed by atoms with Crippen LogP contribution in [0.2, 0.25) is 0 Å². The minimum Gasteiger partial charge on any atom is -0.508 e. The number of nitro groups is 1. The van der Waals surface area contributed by atoms with E-state index in [1.807, 2.05) is 19.1 Å². The van der Waals surface area contributed by atoms with Gasteiger partial charge in [0, 0.05) is 30.2 Å². The molecule has 0 bridgehead atoms. The second kappa shape index (κ2) is 10.2. The number of benzene rings is 2. The number of nitrogens with zero attached hydrogens (tertiary/aromatic N) is 2. The van der Waals surface area contributed by atoms with Crippen molar-refractivity contribution in [2.75, 3.05) is 6.61 Å². The van der Waals surface area contributed by atoms with Crippen LogP contribution in [0, 0.1) is 28.9 Å². The van der Waals surface area contributed by atoms with Gasteiger partial charge in [0.25, 0.3) is 5.69 Å². The van der Waals surface area contributed by atoms with Crippen LogP contribution in [0.5, 0.6) is 5.75 Å². The quantitative estimate of drug-likeness (QED) is 0.371. The molecule has 1 aliphatic rings. The van der Waals surface area contributed by atoms with Crippen LogP contribution >= 0.6 is 0 Å². The van der Waals surface area contributed by atoms with Gasteiger partial charge in [0.2, 0.25) is 0 Å². The molecular weight excluding hydrogens is 384 g/mol. The second-order valence-electron chi connectivity index (χ2n) is 7.90. The Labute approximate surface area is 176 Å². The molecule has 0 saturated heterocycles. The molecule has 0 amide bonds. The van der Waals surface area contributed by atoms with Gasteiger partial charge in [-0.05, 0) is 74.3 Å². The molecule has 2 N–H and O–H groups in total. The fourth-order valence-corrected chi connectivity index (χ4v) is 3.93. The fourth-order valence-electron chi connectivity index (χ4n) is 3.93. The van der Waals surface area contributed by atoms with Crippen molar-refractivity contribution in [3.8, 4) is 5.75 Å². The Kier molecular flexibility index (Phi) is 7.41. The number of non-ortho nitro benzene ring substituents is 1. The third-order valence-electron chi connectivity index (χ3n) is 5.82. The largest absolute Gasteiger partial charge is 0.508 e. The first-order chi connectivity index (χ1) is 14.5. The van der Waals surface area contributed by atoms with E-state index in [-0.39, 0.29) is 30.6 Å². The number of aryl methyl sites for hydroxylation is 1. The minimum atomic E-state index is -0.433. The topological polar surface area (TPSA) is 105 Å². The Morgan fingerprint density at radius 3 is 2.47 bits per heavy atom. The molecular formula is C23H28N2O5. The van der Waals surface area contributed by atoms with Crippen LogP contribution in [0.4, 0.5) is 5.69 Å². The number of phenols is 1. The predicted molar refractivity (Wildman–Crippen MR) is 114 cm³/mol. The smallest absolute Gasteiger partial charge is 0.269 e. The number of oxime groups is 1. The molecule has 0 atom stereocenters. The summed E-state index contributed by atoms with van der Waals surface area (Å²) in [6, 6.07) is 11.8. The lowest BCUT2D eigenvalue weighted by atomic mass is 9.77. The zero-order chi connectivity index (χ0) is 21.5. The number of phenolic OH excluding ortho intramolecular Hbond substituents is 1. The van der Waals surface area contributed by atoms with E-state index in [2.05, 4.69) is 5.16 Å². The van der Waals surface area contributed by atoms with Crippen molar-refractivity contribution >= 4 is 11.4 Å². The first-order valence-corrected chi connectivity index (χ1v) is 10.3. The number of nitro benzene ring substituents is 1. The van der Waals surface area contributed by atoms with Crippen LogP contribution in [0.15, 0.2) is 47.6 Å². The van der Waals surface area contributed by atoms with Crippen LogP contribution in [0.3, 0.4) is 0 Å². The zero-order valence-corrected chi connectivity index (χ0v) is 17.2. The Morgan fingerprint density at radius 2 is 1.87 bits per heavy atom. The SMILES string of the molecule is Cc1ccc(C(=NOCc2ccc([N+](=O)[O-])cc2)C2CCC(CCO)CC2)cc1O. The third kappa shape index (κ3) is 5.57. The van der Waals surface area contributed by atoms with Crippen molar-refractivity contribution in [3.05, 3.63) is 69.3 Å². The number of hydrogen-bond donors (Lipinski definition) is 2. The number of aliphatic hydroxyl groups is 1. The summed E-state index contributed by atoms with van der Waals surface area (Å²) >= 11 is 0. The van der Waals surface area contributed by atoms with E-state index in [4.69, 9.17) is 4.84 Å². The van der Waals surface area contributed by atoms with Crippen LogP contribution in [0.1, 0.15) is 48.8 Å². The number of aromatic hydroxyl groups is 1. The molecule has 1 aliphatic carbocycles. The van der Waals surface area contributed by atoms with E-state index in [0.717, 1.165) is 54.5 Å². The summed E-state index contributed by atoms with van der Waals surface area (Å²) in [6.07, 6.45) is 4.81. The summed E-state index contributed by atoms with van der Waals surface area (Å²) in [5.41, 5.74) is 3.29. The van der Waals surface area contributed by atoms with E-state index >= 15 is 0 Å². The standard InChI is InChI=1S/C23H28N2O5/c1-16-2-7-20(14-22(16)27)23(19-8-3-17(4-9-19)12-13-26)24-30-15-18-5-10-21(11-6-18)25(28)29/h2,5-7,10-11,14,17,19,26-27H,3-4,8-9,12-13,15H2,1H3. The predicted octanol–water partition coefficient (Wildman–Crippen LogP) is 4.72. The zero-order valence-electron chi connectivity index (χ0n) is 17.2. The van der Waals surface area contributed by atoms with Gasteiger partial charge >= 0.3 is 0 Å². The monoisotopic (exact) mass is 412 g/mol. The molecule has 7 heteroatoms. The average molecular weight is 412 g/mol. The highest BCUT2D eigenvalue weighted by Crippen LogP contribution is 2.34. The summed E-state index contributed by atoms with van der Waals surface area (Å²) in [5.74, 6) is 0.989. The molecule has 30 heavy (non-hydrogen) atoms. The van der Waals surface area contributed by atoms with E-state index in [0.29, 0.717) is 5.92 Å². The Hall–Kier alpha value is -2.93. The van der Waals surface area contributed by atoms with E-state index < -0.39 is 4.92 Å². The molecule has 2 aromatic rings. The van der Waals surface area contributed by atoms with Gasteiger partial charge in [0.15, 0.2) is 0 Å². The second-order valence-corrected chi connectivity index (χ2v) is 7.90. The van der Waals surface area contributed by atoms with E-state index in [9.17, 15) is 20.3 Å². The molecule has 1 fully saturated rings. The van der Waals surface area contributed by atoms with Crippen molar-refractivity contribution in [3.63, 3.8) is 0 Å². The highest BCUT2D eigenvalue weighted by molar-refractivity contribution is 6.02. The van der Waals surface area contributed by atoms with Gasteiger partial charge in [-0.25, -0.2) is 0 Å². The molecule has 3 rings (SSSR count). The van der Waals surface area contributed by atoms with Crippen LogP contribution in [-0.4, -0.2) is 27.5 Å². The summed E-state index contributed by atoms with van der Waals surface area (Å²) in [4.78, 5) is 16.0. The highest BCUT2D eigenvalue weighted by atomic mass is 16.6. The molecule has 0 aromatic heterocycles. The molecule has 0 spiro atoms. The third-order valence-corrected chi connectivity index (χ3v) is 5.82.